The van der Waals surface area contributed by atoms with E-state index in [9.17, 15) is 4.79 Å². The lowest BCUT2D eigenvalue weighted by Crippen LogP contribution is -2.29. The van der Waals surface area contributed by atoms with Crippen molar-refractivity contribution in [3.8, 4) is 0 Å². The lowest BCUT2D eigenvalue weighted by Gasteiger charge is -2.10. The van der Waals surface area contributed by atoms with E-state index < -0.39 is 6.04 Å². The molecule has 2 aromatic rings. The Morgan fingerprint density at radius 2 is 2.00 bits per heavy atom. The molecule has 0 aliphatic carbocycles. The van der Waals surface area contributed by atoms with Crippen LogP contribution in [0, 0.1) is 0 Å². The number of halogens is 1. The predicted octanol–water partition coefficient (Wildman–Crippen LogP) is 3.14. The van der Waals surface area contributed by atoms with Gasteiger partial charge in [0.25, 0.3) is 5.91 Å². The van der Waals surface area contributed by atoms with Crippen molar-refractivity contribution in [1.29, 1.82) is 0 Å². The van der Waals surface area contributed by atoms with Crippen LogP contribution < -0.4 is 5.32 Å². The Morgan fingerprint density at radius 3 is 2.73 bits per heavy atom. The first-order valence-electron chi connectivity index (χ1n) is 6.92. The van der Waals surface area contributed by atoms with Gasteiger partial charge in [0.05, 0.1) is 18.0 Å². The monoisotopic (exact) mass is 314 g/mol. The van der Waals surface area contributed by atoms with E-state index in [4.69, 9.17) is 16.3 Å². The van der Waals surface area contributed by atoms with Crippen molar-refractivity contribution in [2.24, 2.45) is 4.99 Å². The Balaban J connectivity index is 2.18. The SMILES string of the molecule is COCC1N=C(c2ccccc2)c2cc(Cl)ccc2NC1=O. The maximum absolute atomic E-state index is 12.3. The fraction of sp³-hybridized carbons (Fsp3) is 0.176. The molecule has 0 bridgehead atoms. The molecule has 0 saturated heterocycles. The maximum Gasteiger partial charge on any atom is 0.251 e. The van der Waals surface area contributed by atoms with E-state index >= 15 is 0 Å². The number of aliphatic imine (C=N–C) groups is 1. The highest BCUT2D eigenvalue weighted by atomic mass is 35.5. The van der Waals surface area contributed by atoms with Gasteiger partial charge in [0.2, 0.25) is 0 Å². The molecule has 1 atom stereocenters. The molecule has 1 aliphatic heterocycles. The van der Waals surface area contributed by atoms with Crippen LogP contribution in [-0.4, -0.2) is 31.4 Å². The molecule has 1 aliphatic rings. The van der Waals surface area contributed by atoms with E-state index in [1.54, 1.807) is 19.2 Å². The fourth-order valence-corrected chi connectivity index (χ4v) is 2.59. The molecule has 0 aromatic heterocycles. The molecule has 0 spiro atoms. The quantitative estimate of drug-likeness (QED) is 0.946. The minimum absolute atomic E-state index is 0.184. The van der Waals surface area contributed by atoms with Crippen molar-refractivity contribution in [2.45, 2.75) is 6.04 Å². The molecule has 1 heterocycles. The lowest BCUT2D eigenvalue weighted by atomic mass is 10.0. The van der Waals surface area contributed by atoms with Gasteiger partial charge in [-0.05, 0) is 18.2 Å². The number of amides is 1. The molecular weight excluding hydrogens is 300 g/mol. The number of benzene rings is 2. The van der Waals surface area contributed by atoms with Crippen LogP contribution in [0.25, 0.3) is 0 Å². The maximum atomic E-state index is 12.3. The zero-order chi connectivity index (χ0) is 15.5. The van der Waals surface area contributed by atoms with Crippen molar-refractivity contribution in [2.75, 3.05) is 19.0 Å². The van der Waals surface area contributed by atoms with Gasteiger partial charge < -0.3 is 10.1 Å². The third kappa shape index (κ3) is 2.89. The number of anilines is 1. The van der Waals surface area contributed by atoms with Crippen LogP contribution in [0.1, 0.15) is 11.1 Å². The number of hydrogen-bond acceptors (Lipinski definition) is 3. The molecule has 0 saturated carbocycles. The summed E-state index contributed by atoms with van der Waals surface area (Å²) in [4.78, 5) is 16.9. The number of ether oxygens (including phenoxy) is 1. The molecule has 22 heavy (non-hydrogen) atoms. The Morgan fingerprint density at radius 1 is 1.23 bits per heavy atom. The first kappa shape index (κ1) is 14.8. The van der Waals surface area contributed by atoms with Crippen molar-refractivity contribution in [1.82, 2.24) is 0 Å². The summed E-state index contributed by atoms with van der Waals surface area (Å²) in [6, 6.07) is 14.5. The van der Waals surface area contributed by atoms with Crippen LogP contribution in [0.2, 0.25) is 5.02 Å². The van der Waals surface area contributed by atoms with Crippen molar-refractivity contribution in [3.05, 3.63) is 64.7 Å². The normalized spacial score (nSPS) is 17.3. The van der Waals surface area contributed by atoms with Crippen LogP contribution >= 0.6 is 11.6 Å². The summed E-state index contributed by atoms with van der Waals surface area (Å²) in [6.07, 6.45) is 0. The minimum atomic E-state index is -0.591. The summed E-state index contributed by atoms with van der Waals surface area (Å²) in [7, 11) is 1.56. The molecule has 112 valence electrons. The van der Waals surface area contributed by atoms with Crippen molar-refractivity contribution in [3.63, 3.8) is 0 Å². The summed E-state index contributed by atoms with van der Waals surface area (Å²) in [5, 5.41) is 3.49. The van der Waals surface area contributed by atoms with Gasteiger partial charge >= 0.3 is 0 Å². The number of hydrogen-bond donors (Lipinski definition) is 1. The van der Waals surface area contributed by atoms with Gasteiger partial charge in [-0.25, -0.2) is 0 Å². The second-order valence-corrected chi connectivity index (χ2v) is 5.43. The minimum Gasteiger partial charge on any atom is -0.382 e. The molecule has 0 radical (unpaired) electrons. The standard InChI is InChI=1S/C17H15ClN2O2/c1-22-10-15-17(21)20-14-8-7-12(18)9-13(14)16(19-15)11-5-3-2-4-6-11/h2-9,15H,10H2,1H3,(H,20,21). The Labute approximate surface area is 133 Å². The topological polar surface area (TPSA) is 50.7 Å². The van der Waals surface area contributed by atoms with Crippen LogP contribution in [0.15, 0.2) is 53.5 Å². The summed E-state index contributed by atoms with van der Waals surface area (Å²) in [6.45, 7) is 0.226. The number of nitrogens with zero attached hydrogens (tertiary/aromatic N) is 1. The number of fused-ring (bicyclic) bond motifs is 1. The number of nitrogens with one attached hydrogen (secondary N) is 1. The van der Waals surface area contributed by atoms with E-state index in [0.29, 0.717) is 10.7 Å². The van der Waals surface area contributed by atoms with Gasteiger partial charge in [0, 0.05) is 23.3 Å². The van der Waals surface area contributed by atoms with Gasteiger partial charge in [0.1, 0.15) is 0 Å². The van der Waals surface area contributed by atoms with E-state index in [1.807, 2.05) is 36.4 Å². The van der Waals surface area contributed by atoms with E-state index in [2.05, 4.69) is 10.3 Å². The molecule has 1 unspecified atom stereocenters. The molecule has 3 rings (SSSR count). The predicted molar refractivity (Wildman–Crippen MR) is 87.8 cm³/mol. The highest BCUT2D eigenvalue weighted by molar-refractivity contribution is 6.32. The number of benzodiazepines with no additional fused rings is 1. The van der Waals surface area contributed by atoms with E-state index in [-0.39, 0.29) is 12.5 Å². The Kier molecular flexibility index (Phi) is 4.22. The summed E-state index contributed by atoms with van der Waals surface area (Å²) < 4.78 is 5.12. The smallest absolute Gasteiger partial charge is 0.251 e. The third-order valence-corrected chi connectivity index (χ3v) is 3.69. The zero-order valence-corrected chi connectivity index (χ0v) is 12.8. The number of rotatable bonds is 3. The first-order chi connectivity index (χ1) is 10.7. The summed E-state index contributed by atoms with van der Waals surface area (Å²) >= 11 is 6.12. The molecule has 1 N–H and O–H groups in total. The lowest BCUT2D eigenvalue weighted by molar-refractivity contribution is -0.118. The zero-order valence-electron chi connectivity index (χ0n) is 12.0. The molecule has 2 aromatic carbocycles. The Hall–Kier alpha value is -2.17. The second kappa shape index (κ2) is 6.30. The van der Waals surface area contributed by atoms with Crippen molar-refractivity contribution < 1.29 is 9.53 Å². The van der Waals surface area contributed by atoms with Gasteiger partial charge in [0.15, 0.2) is 6.04 Å². The third-order valence-electron chi connectivity index (χ3n) is 3.45. The van der Waals surface area contributed by atoms with E-state index in [0.717, 1.165) is 16.8 Å². The largest absolute Gasteiger partial charge is 0.382 e. The highest BCUT2D eigenvalue weighted by Crippen LogP contribution is 2.27. The molecule has 4 nitrogen and oxygen atoms in total. The highest BCUT2D eigenvalue weighted by Gasteiger charge is 2.25. The van der Waals surface area contributed by atoms with Crippen LogP contribution in [0.3, 0.4) is 0 Å². The van der Waals surface area contributed by atoms with Gasteiger partial charge in [-0.1, -0.05) is 41.9 Å². The van der Waals surface area contributed by atoms with Crippen LogP contribution in [0.5, 0.6) is 0 Å². The Bertz CT molecular complexity index is 729. The molecule has 5 heteroatoms. The van der Waals surface area contributed by atoms with Crippen LogP contribution in [0.4, 0.5) is 5.69 Å². The fourth-order valence-electron chi connectivity index (χ4n) is 2.42. The van der Waals surface area contributed by atoms with Gasteiger partial charge in [-0.2, -0.15) is 0 Å². The van der Waals surface area contributed by atoms with Gasteiger partial charge in [-0.15, -0.1) is 0 Å². The van der Waals surface area contributed by atoms with Crippen LogP contribution in [-0.2, 0) is 9.53 Å². The molecular formula is C17H15ClN2O2. The van der Waals surface area contributed by atoms with Crippen molar-refractivity contribution >= 4 is 28.9 Å². The number of methoxy groups -OCH3 is 1. The average molecular weight is 315 g/mol. The second-order valence-electron chi connectivity index (χ2n) is 4.99. The summed E-state index contributed by atoms with van der Waals surface area (Å²) in [5.74, 6) is -0.184. The van der Waals surface area contributed by atoms with E-state index in [1.165, 1.54) is 0 Å². The molecule has 1 amide bonds. The number of carbonyl (C=O) groups excluding carboxylic acids is 1. The number of carbonyl (C=O) groups is 1. The summed E-state index contributed by atoms with van der Waals surface area (Å²) in [5.41, 5.74) is 3.18. The van der Waals surface area contributed by atoms with Gasteiger partial charge in [-0.3, -0.25) is 9.79 Å². The molecule has 0 fully saturated rings. The average Bonchev–Trinajstić information content (AvgIpc) is 2.66. The first-order valence-corrected chi connectivity index (χ1v) is 7.30.